The van der Waals surface area contributed by atoms with Gasteiger partial charge < -0.3 is 5.73 Å². The van der Waals surface area contributed by atoms with E-state index in [9.17, 15) is 9.18 Å². The molecule has 0 bridgehead atoms. The molecule has 0 radical (unpaired) electrons. The van der Waals surface area contributed by atoms with Crippen molar-refractivity contribution < 1.29 is 9.18 Å². The fourth-order valence-corrected chi connectivity index (χ4v) is 1.78. The Morgan fingerprint density at radius 2 is 1.67 bits per heavy atom. The Hall–Kier alpha value is -2.16. The molecule has 0 heterocycles. The maximum absolute atomic E-state index is 13.4. The summed E-state index contributed by atoms with van der Waals surface area (Å²) >= 11 is 0. The topological polar surface area (TPSA) is 43.1 Å². The van der Waals surface area contributed by atoms with E-state index in [-0.39, 0.29) is 18.0 Å². The quantitative estimate of drug-likeness (QED) is 0.839. The summed E-state index contributed by atoms with van der Waals surface area (Å²) in [6.45, 7) is 0. The largest absolute Gasteiger partial charge is 0.399 e. The van der Waals surface area contributed by atoms with Crippen LogP contribution >= 0.6 is 0 Å². The smallest absolute Gasteiger partial charge is 0.141 e. The Bertz CT molecular complexity index is 549. The number of benzene rings is 2. The van der Waals surface area contributed by atoms with E-state index in [0.29, 0.717) is 17.7 Å². The van der Waals surface area contributed by atoms with Gasteiger partial charge in [-0.1, -0.05) is 30.3 Å². The van der Waals surface area contributed by atoms with Crippen molar-refractivity contribution in [2.24, 2.45) is 0 Å². The molecule has 0 aromatic heterocycles. The van der Waals surface area contributed by atoms with E-state index in [1.807, 2.05) is 12.1 Å². The number of carbonyl (C=O) groups excluding carboxylic acids is 1. The molecule has 92 valence electrons. The maximum Gasteiger partial charge on any atom is 0.141 e. The highest BCUT2D eigenvalue weighted by molar-refractivity contribution is 5.83. The molecule has 18 heavy (non-hydrogen) atoms. The second kappa shape index (κ2) is 5.45. The average molecular weight is 243 g/mol. The van der Waals surface area contributed by atoms with Gasteiger partial charge in [0.25, 0.3) is 0 Å². The molecule has 2 aromatic carbocycles. The molecule has 3 heteroatoms. The highest BCUT2D eigenvalue weighted by atomic mass is 19.1. The molecular formula is C15H14FNO. The van der Waals surface area contributed by atoms with Gasteiger partial charge in [-0.15, -0.1) is 0 Å². The van der Waals surface area contributed by atoms with Gasteiger partial charge in [0, 0.05) is 18.5 Å². The molecule has 0 fully saturated rings. The van der Waals surface area contributed by atoms with Gasteiger partial charge in [-0.2, -0.15) is 0 Å². The van der Waals surface area contributed by atoms with E-state index < -0.39 is 0 Å². The van der Waals surface area contributed by atoms with Gasteiger partial charge in [-0.05, 0) is 29.3 Å². The molecule has 0 aliphatic rings. The molecule has 0 unspecified atom stereocenters. The minimum atomic E-state index is -0.330. The van der Waals surface area contributed by atoms with Crippen LogP contribution in [0.25, 0.3) is 0 Å². The number of ketones is 1. The summed E-state index contributed by atoms with van der Waals surface area (Å²) in [4.78, 5) is 11.8. The van der Waals surface area contributed by atoms with Crippen LogP contribution in [0, 0.1) is 5.82 Å². The molecule has 0 amide bonds. The molecule has 2 rings (SSSR count). The Kier molecular flexibility index (Phi) is 3.72. The van der Waals surface area contributed by atoms with Gasteiger partial charge in [-0.3, -0.25) is 4.79 Å². The van der Waals surface area contributed by atoms with Crippen molar-refractivity contribution in [3.63, 3.8) is 0 Å². The van der Waals surface area contributed by atoms with Gasteiger partial charge >= 0.3 is 0 Å². The SMILES string of the molecule is Nc1ccc(CC(=O)Cc2ccccc2F)cc1. The predicted octanol–water partition coefficient (Wildman–Crippen LogP) is 2.76. The van der Waals surface area contributed by atoms with Crippen LogP contribution in [0.4, 0.5) is 10.1 Å². The normalized spacial score (nSPS) is 10.3. The van der Waals surface area contributed by atoms with Crippen LogP contribution in [0.2, 0.25) is 0 Å². The van der Waals surface area contributed by atoms with Crippen molar-refractivity contribution >= 4 is 11.5 Å². The monoisotopic (exact) mass is 243 g/mol. The number of nitrogens with two attached hydrogens (primary N) is 1. The number of nitrogen functional groups attached to an aromatic ring is 1. The first kappa shape index (κ1) is 12.3. The van der Waals surface area contributed by atoms with Crippen LogP contribution in [-0.4, -0.2) is 5.78 Å². The lowest BCUT2D eigenvalue weighted by molar-refractivity contribution is -0.117. The zero-order valence-electron chi connectivity index (χ0n) is 9.90. The highest BCUT2D eigenvalue weighted by Crippen LogP contribution is 2.11. The van der Waals surface area contributed by atoms with Gasteiger partial charge in [-0.25, -0.2) is 4.39 Å². The molecule has 2 aromatic rings. The summed E-state index contributed by atoms with van der Waals surface area (Å²) in [5.74, 6) is -0.340. The first-order chi connectivity index (χ1) is 8.65. The first-order valence-electron chi connectivity index (χ1n) is 5.74. The van der Waals surface area contributed by atoms with Crippen molar-refractivity contribution in [1.29, 1.82) is 0 Å². The van der Waals surface area contributed by atoms with E-state index in [2.05, 4.69) is 0 Å². The number of hydrogen-bond donors (Lipinski definition) is 1. The van der Waals surface area contributed by atoms with Crippen molar-refractivity contribution in [1.82, 2.24) is 0 Å². The zero-order chi connectivity index (χ0) is 13.0. The van der Waals surface area contributed by atoms with Crippen LogP contribution in [-0.2, 0) is 17.6 Å². The Balaban J connectivity index is 2.01. The molecule has 0 spiro atoms. The highest BCUT2D eigenvalue weighted by Gasteiger charge is 2.08. The number of anilines is 1. The average Bonchev–Trinajstić information content (AvgIpc) is 2.35. The van der Waals surface area contributed by atoms with Gasteiger partial charge in [0.1, 0.15) is 11.6 Å². The number of Topliss-reactive ketones (excluding diaryl/α,β-unsaturated/α-hetero) is 1. The summed E-state index contributed by atoms with van der Waals surface area (Å²) < 4.78 is 13.4. The Labute approximate surface area is 105 Å². The zero-order valence-corrected chi connectivity index (χ0v) is 9.90. The van der Waals surface area contributed by atoms with Crippen LogP contribution in [0.1, 0.15) is 11.1 Å². The van der Waals surface area contributed by atoms with E-state index in [1.165, 1.54) is 6.07 Å². The number of carbonyl (C=O) groups is 1. The number of rotatable bonds is 4. The fourth-order valence-electron chi connectivity index (χ4n) is 1.78. The van der Waals surface area contributed by atoms with Crippen molar-refractivity contribution in [3.05, 3.63) is 65.5 Å². The van der Waals surface area contributed by atoms with E-state index >= 15 is 0 Å². The first-order valence-corrected chi connectivity index (χ1v) is 5.74. The Morgan fingerprint density at radius 3 is 2.33 bits per heavy atom. The molecular weight excluding hydrogens is 229 g/mol. The fraction of sp³-hybridized carbons (Fsp3) is 0.133. The minimum Gasteiger partial charge on any atom is -0.399 e. The summed E-state index contributed by atoms with van der Waals surface area (Å²) in [5.41, 5.74) is 7.57. The van der Waals surface area contributed by atoms with Crippen molar-refractivity contribution in [2.75, 3.05) is 5.73 Å². The van der Waals surface area contributed by atoms with Crippen molar-refractivity contribution in [3.8, 4) is 0 Å². The van der Waals surface area contributed by atoms with E-state index in [0.717, 1.165) is 5.56 Å². The van der Waals surface area contributed by atoms with Crippen LogP contribution in [0.5, 0.6) is 0 Å². The number of halogens is 1. The summed E-state index contributed by atoms with van der Waals surface area (Å²) in [5, 5.41) is 0. The molecule has 2 nitrogen and oxygen atoms in total. The van der Waals surface area contributed by atoms with Gasteiger partial charge in [0.15, 0.2) is 0 Å². The van der Waals surface area contributed by atoms with Gasteiger partial charge in [0.05, 0.1) is 0 Å². The third-order valence-corrected chi connectivity index (χ3v) is 2.73. The van der Waals surface area contributed by atoms with Crippen LogP contribution in [0.15, 0.2) is 48.5 Å². The van der Waals surface area contributed by atoms with Crippen molar-refractivity contribution in [2.45, 2.75) is 12.8 Å². The lowest BCUT2D eigenvalue weighted by Crippen LogP contribution is -2.07. The van der Waals surface area contributed by atoms with Crippen LogP contribution in [0.3, 0.4) is 0 Å². The summed E-state index contributed by atoms with van der Waals surface area (Å²) in [7, 11) is 0. The molecule has 0 saturated carbocycles. The molecule has 0 aliphatic carbocycles. The predicted molar refractivity (Wildman–Crippen MR) is 69.7 cm³/mol. The molecule has 0 aliphatic heterocycles. The molecule has 0 atom stereocenters. The second-order valence-corrected chi connectivity index (χ2v) is 4.23. The van der Waals surface area contributed by atoms with Crippen LogP contribution < -0.4 is 5.73 Å². The lowest BCUT2D eigenvalue weighted by atomic mass is 10.0. The summed E-state index contributed by atoms with van der Waals surface area (Å²) in [6.07, 6.45) is 0.422. The van der Waals surface area contributed by atoms with E-state index in [1.54, 1.807) is 30.3 Å². The van der Waals surface area contributed by atoms with E-state index in [4.69, 9.17) is 5.73 Å². The maximum atomic E-state index is 13.4. The molecule has 0 saturated heterocycles. The standard InChI is InChI=1S/C15H14FNO/c16-15-4-2-1-3-12(15)10-14(18)9-11-5-7-13(17)8-6-11/h1-8H,9-10,17H2. The minimum absolute atomic E-state index is 0.00938. The lowest BCUT2D eigenvalue weighted by Gasteiger charge is -2.03. The summed E-state index contributed by atoms with van der Waals surface area (Å²) in [6, 6.07) is 13.5. The third kappa shape index (κ3) is 3.17. The van der Waals surface area contributed by atoms with Gasteiger partial charge in [0.2, 0.25) is 0 Å². The second-order valence-electron chi connectivity index (χ2n) is 4.23. The Morgan fingerprint density at radius 1 is 1.00 bits per heavy atom. The number of hydrogen-bond acceptors (Lipinski definition) is 2. The third-order valence-electron chi connectivity index (χ3n) is 2.73. The molecule has 2 N–H and O–H groups in total.